The van der Waals surface area contributed by atoms with Gasteiger partial charge in [-0.25, -0.2) is 4.98 Å². The zero-order valence-electron chi connectivity index (χ0n) is 13.4. The van der Waals surface area contributed by atoms with Crippen molar-refractivity contribution in [3.05, 3.63) is 39.3 Å². The third kappa shape index (κ3) is 5.61. The van der Waals surface area contributed by atoms with Crippen LogP contribution in [0.3, 0.4) is 0 Å². The number of esters is 1. The number of nitrogens with zero attached hydrogens (tertiary/aromatic N) is 2. The van der Waals surface area contributed by atoms with Gasteiger partial charge in [0.1, 0.15) is 5.75 Å². The quantitative estimate of drug-likeness (QED) is 0.405. The van der Waals surface area contributed by atoms with E-state index in [0.717, 1.165) is 22.2 Å². The smallest absolute Gasteiger partial charge is 0.311 e. The van der Waals surface area contributed by atoms with E-state index in [0.29, 0.717) is 17.4 Å². The van der Waals surface area contributed by atoms with E-state index in [1.54, 1.807) is 11.6 Å². The fraction of sp³-hybridized carbons (Fsp3) is 0.312. The van der Waals surface area contributed by atoms with E-state index in [2.05, 4.69) is 43.1 Å². The third-order valence-corrected chi connectivity index (χ3v) is 4.31. The Morgan fingerprint density at radius 3 is 3.04 bits per heavy atom. The van der Waals surface area contributed by atoms with Crippen molar-refractivity contribution >= 4 is 44.6 Å². The number of methoxy groups -OCH3 is 1. The molecule has 2 aromatic rings. The van der Waals surface area contributed by atoms with E-state index in [1.807, 2.05) is 18.2 Å². The van der Waals surface area contributed by atoms with Crippen LogP contribution in [0.25, 0.3) is 0 Å². The summed E-state index contributed by atoms with van der Waals surface area (Å²) < 4.78 is 11.1. The first-order valence-electron chi connectivity index (χ1n) is 7.35. The number of halogens is 1. The van der Waals surface area contributed by atoms with Crippen LogP contribution < -0.4 is 10.2 Å². The number of anilines is 1. The molecule has 1 aromatic carbocycles. The largest absolute Gasteiger partial charge is 0.492 e. The molecule has 0 atom stereocenters. The molecule has 0 radical (unpaired) electrons. The molecule has 2 rings (SSSR count). The second-order valence-corrected chi connectivity index (χ2v) is 6.52. The van der Waals surface area contributed by atoms with Crippen molar-refractivity contribution in [2.24, 2.45) is 5.10 Å². The lowest BCUT2D eigenvalue weighted by molar-refractivity contribution is -0.139. The summed E-state index contributed by atoms with van der Waals surface area (Å²) in [4.78, 5) is 15.5. The zero-order chi connectivity index (χ0) is 17.4. The molecule has 1 aromatic heterocycles. The van der Waals surface area contributed by atoms with Crippen LogP contribution in [0.5, 0.6) is 5.75 Å². The molecule has 0 fully saturated rings. The van der Waals surface area contributed by atoms with Crippen molar-refractivity contribution < 1.29 is 14.3 Å². The predicted molar refractivity (Wildman–Crippen MR) is 99.0 cm³/mol. The maximum absolute atomic E-state index is 11.2. The Kier molecular flexibility index (Phi) is 7.20. The van der Waals surface area contributed by atoms with Crippen LogP contribution in [-0.2, 0) is 16.0 Å². The highest BCUT2D eigenvalue weighted by Crippen LogP contribution is 2.25. The molecule has 6 nitrogen and oxygen atoms in total. The first-order chi connectivity index (χ1) is 11.6. The second kappa shape index (κ2) is 9.39. The maximum Gasteiger partial charge on any atom is 0.311 e. The van der Waals surface area contributed by atoms with E-state index in [4.69, 9.17) is 4.74 Å². The van der Waals surface area contributed by atoms with Gasteiger partial charge in [0.2, 0.25) is 5.13 Å². The summed E-state index contributed by atoms with van der Waals surface area (Å²) in [5, 5.41) is 6.57. The number of nitrogens with one attached hydrogen (secondary N) is 1. The van der Waals surface area contributed by atoms with Crippen molar-refractivity contribution in [1.82, 2.24) is 4.98 Å². The monoisotopic (exact) mass is 411 g/mol. The number of hydrazone groups is 1. The van der Waals surface area contributed by atoms with Gasteiger partial charge >= 0.3 is 5.97 Å². The lowest BCUT2D eigenvalue weighted by atomic mass is 10.2. The van der Waals surface area contributed by atoms with Gasteiger partial charge in [0.15, 0.2) is 0 Å². The van der Waals surface area contributed by atoms with E-state index in [-0.39, 0.29) is 12.4 Å². The lowest BCUT2D eigenvalue weighted by Gasteiger charge is -2.07. The van der Waals surface area contributed by atoms with Crippen LogP contribution in [0.4, 0.5) is 5.13 Å². The van der Waals surface area contributed by atoms with E-state index >= 15 is 0 Å². The highest BCUT2D eigenvalue weighted by atomic mass is 79.9. The molecular formula is C16H18BrN3O3S. The second-order valence-electron chi connectivity index (χ2n) is 4.81. The number of thiazole rings is 1. The van der Waals surface area contributed by atoms with Gasteiger partial charge in [-0.3, -0.25) is 10.2 Å². The summed E-state index contributed by atoms with van der Waals surface area (Å²) in [5.74, 6) is 0.500. The zero-order valence-corrected chi connectivity index (χ0v) is 15.8. The molecule has 1 heterocycles. The van der Waals surface area contributed by atoms with Crippen molar-refractivity contribution in [2.45, 2.75) is 19.8 Å². The Labute approximate surface area is 153 Å². The topological polar surface area (TPSA) is 72.8 Å². The summed E-state index contributed by atoms with van der Waals surface area (Å²) in [6, 6.07) is 5.76. The molecule has 128 valence electrons. The molecule has 8 heteroatoms. The molecule has 24 heavy (non-hydrogen) atoms. The van der Waals surface area contributed by atoms with Crippen LogP contribution in [0, 0.1) is 0 Å². The molecule has 0 saturated carbocycles. The summed E-state index contributed by atoms with van der Waals surface area (Å²) >= 11 is 4.86. The standard InChI is InChI=1S/C16H18BrN3O3S/c1-3-6-23-14-5-4-11(7-13(14)17)9-18-20-16-19-12(10-24-16)8-15(21)22-2/h4-5,7,9-10H,3,6,8H2,1-2H3,(H,19,20)/b18-9-. The Balaban J connectivity index is 1.92. The Morgan fingerprint density at radius 2 is 2.33 bits per heavy atom. The average Bonchev–Trinajstić information content (AvgIpc) is 3.01. The van der Waals surface area contributed by atoms with Crippen molar-refractivity contribution in [3.8, 4) is 5.75 Å². The van der Waals surface area contributed by atoms with Crippen molar-refractivity contribution in [1.29, 1.82) is 0 Å². The normalized spacial score (nSPS) is 10.8. The molecule has 0 aliphatic rings. The van der Waals surface area contributed by atoms with Crippen LogP contribution in [0.1, 0.15) is 24.6 Å². The van der Waals surface area contributed by atoms with Gasteiger partial charge in [-0.05, 0) is 46.1 Å². The van der Waals surface area contributed by atoms with Crippen LogP contribution in [-0.4, -0.2) is 30.9 Å². The number of hydrogen-bond donors (Lipinski definition) is 1. The summed E-state index contributed by atoms with van der Waals surface area (Å²) in [6.45, 7) is 2.75. The first-order valence-corrected chi connectivity index (χ1v) is 9.02. The Morgan fingerprint density at radius 1 is 1.50 bits per heavy atom. The van der Waals surface area contributed by atoms with Crippen LogP contribution >= 0.6 is 27.3 Å². The molecule has 0 bridgehead atoms. The molecule has 0 saturated heterocycles. The Bertz CT molecular complexity index is 718. The minimum Gasteiger partial charge on any atom is -0.492 e. The number of ether oxygens (including phenoxy) is 2. The molecule has 0 aliphatic carbocycles. The fourth-order valence-corrected chi connectivity index (χ4v) is 2.92. The molecule has 0 unspecified atom stereocenters. The van der Waals surface area contributed by atoms with Gasteiger partial charge in [0.05, 0.1) is 36.5 Å². The van der Waals surface area contributed by atoms with Gasteiger partial charge < -0.3 is 9.47 Å². The van der Waals surface area contributed by atoms with Gasteiger partial charge in [0, 0.05) is 5.38 Å². The van der Waals surface area contributed by atoms with E-state index in [1.165, 1.54) is 18.4 Å². The van der Waals surface area contributed by atoms with Gasteiger partial charge in [-0.2, -0.15) is 5.10 Å². The van der Waals surface area contributed by atoms with Crippen molar-refractivity contribution in [3.63, 3.8) is 0 Å². The summed E-state index contributed by atoms with van der Waals surface area (Å²) in [6.07, 6.45) is 2.81. The number of carbonyl (C=O) groups excluding carboxylic acids is 1. The van der Waals surface area contributed by atoms with E-state index < -0.39 is 0 Å². The van der Waals surface area contributed by atoms with E-state index in [9.17, 15) is 4.79 Å². The number of carbonyl (C=O) groups is 1. The highest BCUT2D eigenvalue weighted by Gasteiger charge is 2.07. The predicted octanol–water partition coefficient (Wildman–Crippen LogP) is 3.86. The van der Waals surface area contributed by atoms with Crippen LogP contribution in [0.2, 0.25) is 0 Å². The maximum atomic E-state index is 11.2. The number of hydrogen-bond acceptors (Lipinski definition) is 7. The molecular weight excluding hydrogens is 394 g/mol. The number of benzene rings is 1. The molecule has 0 spiro atoms. The third-order valence-electron chi connectivity index (χ3n) is 2.90. The fourth-order valence-electron chi connectivity index (χ4n) is 1.75. The Hall–Kier alpha value is -1.93. The average molecular weight is 412 g/mol. The minimum absolute atomic E-state index is 0.157. The van der Waals surface area contributed by atoms with Crippen LogP contribution in [0.15, 0.2) is 33.2 Å². The lowest BCUT2D eigenvalue weighted by Crippen LogP contribution is -2.04. The van der Waals surface area contributed by atoms with Gasteiger partial charge in [-0.15, -0.1) is 11.3 Å². The summed E-state index contributed by atoms with van der Waals surface area (Å²) in [5.41, 5.74) is 4.43. The SMILES string of the molecule is CCCOc1ccc(/C=N\Nc2nc(CC(=O)OC)cs2)cc1Br. The minimum atomic E-state index is -0.314. The van der Waals surface area contributed by atoms with Gasteiger partial charge in [-0.1, -0.05) is 6.92 Å². The molecule has 0 aliphatic heterocycles. The number of aromatic nitrogens is 1. The van der Waals surface area contributed by atoms with Crippen molar-refractivity contribution in [2.75, 3.05) is 19.1 Å². The first kappa shape index (κ1) is 18.4. The van der Waals surface area contributed by atoms with Gasteiger partial charge in [0.25, 0.3) is 0 Å². The molecule has 1 N–H and O–H groups in total. The molecule has 0 amide bonds. The number of rotatable bonds is 8. The highest BCUT2D eigenvalue weighted by molar-refractivity contribution is 9.10. The summed E-state index contributed by atoms with van der Waals surface area (Å²) in [7, 11) is 1.36.